The molecule has 1 aliphatic rings. The first-order valence-electron chi connectivity index (χ1n) is 11.5. The van der Waals surface area contributed by atoms with E-state index in [1.165, 1.54) is 19.3 Å². The number of aromatic nitrogens is 1. The van der Waals surface area contributed by atoms with Crippen molar-refractivity contribution in [2.75, 3.05) is 20.2 Å². The number of carbonyl (C=O) groups excluding carboxylic acids is 1. The Kier molecular flexibility index (Phi) is 15.9. The number of nitrogens with zero attached hydrogens (tertiary/aromatic N) is 3. The van der Waals surface area contributed by atoms with Crippen LogP contribution in [0.1, 0.15) is 58.4 Å². The summed E-state index contributed by atoms with van der Waals surface area (Å²) >= 11 is 0. The fourth-order valence-electron chi connectivity index (χ4n) is 3.67. The van der Waals surface area contributed by atoms with Crippen LogP contribution < -0.4 is 16.2 Å². The number of aliphatic imine (C=N–C) groups is 1. The number of carbonyl (C=O) groups is 1. The zero-order valence-corrected chi connectivity index (χ0v) is 20.7. The summed E-state index contributed by atoms with van der Waals surface area (Å²) in [6, 6.07) is 4.05. The van der Waals surface area contributed by atoms with E-state index in [1.54, 1.807) is 19.4 Å². The van der Waals surface area contributed by atoms with Gasteiger partial charge < -0.3 is 21.1 Å². The van der Waals surface area contributed by atoms with Crippen LogP contribution in [0.25, 0.3) is 0 Å². The van der Waals surface area contributed by atoms with Gasteiger partial charge in [0.1, 0.15) is 5.84 Å². The first-order chi connectivity index (χ1) is 15.9. The Hall–Kier alpha value is -3.03. The molecule has 1 heterocycles. The highest BCUT2D eigenvalue weighted by molar-refractivity contribution is 5.82. The second kappa shape index (κ2) is 17.5. The van der Waals surface area contributed by atoms with E-state index in [1.807, 2.05) is 24.8 Å². The van der Waals surface area contributed by atoms with Crippen molar-refractivity contribution in [2.45, 2.75) is 71.4 Å². The maximum absolute atomic E-state index is 13.0. The van der Waals surface area contributed by atoms with Crippen molar-refractivity contribution >= 4 is 11.7 Å². The molecule has 7 nitrogen and oxygen atoms in total. The van der Waals surface area contributed by atoms with Crippen molar-refractivity contribution in [2.24, 2.45) is 22.4 Å². The van der Waals surface area contributed by atoms with E-state index in [0.29, 0.717) is 30.7 Å². The van der Waals surface area contributed by atoms with Gasteiger partial charge in [-0.25, -0.2) is 4.98 Å². The molecule has 2 rings (SSSR count). The van der Waals surface area contributed by atoms with Gasteiger partial charge in [-0.1, -0.05) is 25.3 Å². The van der Waals surface area contributed by atoms with E-state index in [9.17, 15) is 4.79 Å². The number of pyridine rings is 1. The highest BCUT2D eigenvalue weighted by atomic mass is 16.5. The number of amides is 1. The van der Waals surface area contributed by atoms with Gasteiger partial charge in [0, 0.05) is 36.8 Å². The number of terminal acetylenes is 2. The van der Waals surface area contributed by atoms with E-state index in [4.69, 9.17) is 22.6 Å². The van der Waals surface area contributed by atoms with E-state index >= 15 is 0 Å². The highest BCUT2D eigenvalue weighted by Gasteiger charge is 2.31. The van der Waals surface area contributed by atoms with E-state index in [2.05, 4.69) is 35.7 Å². The van der Waals surface area contributed by atoms with Gasteiger partial charge in [-0.3, -0.25) is 9.79 Å². The van der Waals surface area contributed by atoms with Gasteiger partial charge in [0.05, 0.1) is 20.1 Å². The standard InChI is InChI=1S/C20H28N2O2.C4H11N3.C2H2/c1-5-15(2)16(3)22(18-9-7-6-8-10-18)20(23)13-17-11-12-19(24-4)21-14-17;1-2-7-4(6)3-5;1-2/h1,11-12,14-16,18H,6-10,13H2,2-4H3;2-3,5H2,1H3,(H2,6,7);1-2H. The fraction of sp³-hybridized carbons (Fsp3) is 0.577. The van der Waals surface area contributed by atoms with Crippen molar-refractivity contribution < 1.29 is 9.53 Å². The Morgan fingerprint density at radius 2 is 1.94 bits per heavy atom. The average molecular weight is 456 g/mol. The molecule has 2 atom stereocenters. The molecule has 0 saturated heterocycles. The molecule has 182 valence electrons. The molecule has 1 aromatic heterocycles. The monoisotopic (exact) mass is 455 g/mol. The second-order valence-corrected chi connectivity index (χ2v) is 7.84. The molecule has 1 aromatic rings. The third kappa shape index (κ3) is 10.9. The van der Waals surface area contributed by atoms with Crippen molar-refractivity contribution in [1.29, 1.82) is 0 Å². The highest BCUT2D eigenvalue weighted by Crippen LogP contribution is 2.27. The lowest BCUT2D eigenvalue weighted by Crippen LogP contribution is -2.49. The minimum Gasteiger partial charge on any atom is -0.481 e. The molecule has 4 N–H and O–H groups in total. The van der Waals surface area contributed by atoms with Crippen molar-refractivity contribution in [3.63, 3.8) is 0 Å². The number of hydrogen-bond acceptors (Lipinski definition) is 5. The average Bonchev–Trinajstić information content (AvgIpc) is 2.86. The first kappa shape index (κ1) is 30.0. The summed E-state index contributed by atoms with van der Waals surface area (Å²) in [4.78, 5) is 23.1. The van der Waals surface area contributed by atoms with Gasteiger partial charge in [0.2, 0.25) is 11.8 Å². The number of nitrogens with two attached hydrogens (primary N) is 2. The summed E-state index contributed by atoms with van der Waals surface area (Å²) < 4.78 is 5.07. The molecule has 0 aliphatic heterocycles. The van der Waals surface area contributed by atoms with Crippen LogP contribution in [-0.2, 0) is 11.2 Å². The molecule has 1 saturated carbocycles. The number of rotatable bonds is 8. The van der Waals surface area contributed by atoms with Gasteiger partial charge in [-0.2, -0.15) is 0 Å². The molecule has 33 heavy (non-hydrogen) atoms. The maximum Gasteiger partial charge on any atom is 0.227 e. The summed E-state index contributed by atoms with van der Waals surface area (Å²) in [5, 5.41) is 0. The molecule has 1 amide bonds. The predicted molar refractivity (Wildman–Crippen MR) is 137 cm³/mol. The van der Waals surface area contributed by atoms with Crippen LogP contribution in [0.15, 0.2) is 23.3 Å². The number of amidine groups is 1. The molecule has 0 bridgehead atoms. The Morgan fingerprint density at radius 3 is 2.36 bits per heavy atom. The third-order valence-electron chi connectivity index (χ3n) is 5.61. The first-order valence-corrected chi connectivity index (χ1v) is 11.5. The number of ether oxygens (including phenoxy) is 1. The van der Waals surface area contributed by atoms with E-state index < -0.39 is 0 Å². The topological polar surface area (TPSA) is 107 Å². The molecular formula is C26H41N5O2. The summed E-state index contributed by atoms with van der Waals surface area (Å²) in [5.74, 6) is 4.07. The largest absolute Gasteiger partial charge is 0.481 e. The molecule has 7 heteroatoms. The molecule has 1 fully saturated rings. The van der Waals surface area contributed by atoms with Crippen molar-refractivity contribution in [1.82, 2.24) is 9.88 Å². The van der Waals surface area contributed by atoms with Crippen LogP contribution in [0.3, 0.4) is 0 Å². The number of methoxy groups -OCH3 is 1. The lowest BCUT2D eigenvalue weighted by atomic mass is 9.90. The van der Waals surface area contributed by atoms with Gasteiger partial charge in [0.25, 0.3) is 0 Å². The van der Waals surface area contributed by atoms with Gasteiger partial charge in [-0.05, 0) is 39.2 Å². The van der Waals surface area contributed by atoms with E-state index in [0.717, 1.165) is 24.9 Å². The maximum atomic E-state index is 13.0. The molecule has 2 unspecified atom stereocenters. The van der Waals surface area contributed by atoms with E-state index in [-0.39, 0.29) is 17.9 Å². The smallest absolute Gasteiger partial charge is 0.227 e. The fourth-order valence-corrected chi connectivity index (χ4v) is 3.67. The van der Waals surface area contributed by atoms with Crippen LogP contribution in [0.4, 0.5) is 0 Å². The van der Waals surface area contributed by atoms with Gasteiger partial charge in [-0.15, -0.1) is 25.2 Å². The zero-order chi connectivity index (χ0) is 25.2. The lowest BCUT2D eigenvalue weighted by molar-refractivity contribution is -0.136. The molecular weight excluding hydrogens is 414 g/mol. The van der Waals surface area contributed by atoms with Gasteiger partial charge in [0.15, 0.2) is 0 Å². The lowest BCUT2D eigenvalue weighted by Gasteiger charge is -2.40. The Balaban J connectivity index is 0.000000973. The van der Waals surface area contributed by atoms with Crippen LogP contribution in [0.2, 0.25) is 0 Å². The third-order valence-corrected chi connectivity index (χ3v) is 5.61. The Bertz CT molecular complexity index is 761. The summed E-state index contributed by atoms with van der Waals surface area (Å²) in [7, 11) is 1.58. The minimum atomic E-state index is 0.0462. The predicted octanol–water partition coefficient (Wildman–Crippen LogP) is 3.02. The molecule has 0 radical (unpaired) electrons. The van der Waals surface area contributed by atoms with Crippen molar-refractivity contribution in [3.8, 4) is 31.1 Å². The minimum absolute atomic E-state index is 0.0462. The molecule has 1 aliphatic carbocycles. The van der Waals surface area contributed by atoms with Crippen LogP contribution in [0, 0.1) is 31.1 Å². The Labute approximate surface area is 200 Å². The summed E-state index contributed by atoms with van der Waals surface area (Å²) in [6.45, 7) is 7.10. The van der Waals surface area contributed by atoms with Crippen LogP contribution in [0.5, 0.6) is 5.88 Å². The zero-order valence-electron chi connectivity index (χ0n) is 20.7. The normalized spacial score (nSPS) is 15.4. The summed E-state index contributed by atoms with van der Waals surface area (Å²) in [5.41, 5.74) is 11.2. The van der Waals surface area contributed by atoms with Crippen LogP contribution >= 0.6 is 0 Å². The molecule has 0 aromatic carbocycles. The second-order valence-electron chi connectivity index (χ2n) is 7.84. The molecule has 0 spiro atoms. The SMILES string of the molecule is C#C.C#CC(C)C(C)N(C(=O)Cc1ccc(OC)nc1)C1CCCCC1.CCN=C(N)CN. The number of hydrogen-bond donors (Lipinski definition) is 2. The quantitative estimate of drug-likeness (QED) is 0.356. The Morgan fingerprint density at radius 1 is 1.30 bits per heavy atom. The van der Waals surface area contributed by atoms with Gasteiger partial charge >= 0.3 is 0 Å². The summed E-state index contributed by atoms with van der Waals surface area (Å²) in [6.07, 6.45) is 21.5. The van der Waals surface area contributed by atoms with Crippen LogP contribution in [-0.4, -0.2) is 53.9 Å². The van der Waals surface area contributed by atoms with Crippen molar-refractivity contribution in [3.05, 3.63) is 23.9 Å².